The average Bonchev–Trinajstić information content (AvgIpc) is 3.23. The van der Waals surface area contributed by atoms with Crippen LogP contribution in [0.3, 0.4) is 0 Å². The zero-order chi connectivity index (χ0) is 19.7. The third kappa shape index (κ3) is 3.17. The number of methoxy groups -OCH3 is 1. The van der Waals surface area contributed by atoms with Crippen LogP contribution < -0.4 is 5.32 Å². The number of carbonyl (C=O) groups is 2. The molecule has 1 N–H and O–H groups in total. The lowest BCUT2D eigenvalue weighted by Crippen LogP contribution is -2.29. The summed E-state index contributed by atoms with van der Waals surface area (Å²) in [6.45, 7) is 2.17. The lowest BCUT2D eigenvalue weighted by molar-refractivity contribution is 0.0525. The summed E-state index contributed by atoms with van der Waals surface area (Å²) in [5.41, 5.74) is 4.42. The van der Waals surface area contributed by atoms with E-state index in [9.17, 15) is 9.59 Å². The second-order valence-corrected chi connectivity index (χ2v) is 7.11. The maximum atomic E-state index is 12.1. The molecule has 0 spiro atoms. The Balaban J connectivity index is 1.65. The van der Waals surface area contributed by atoms with Crippen molar-refractivity contribution in [2.75, 3.05) is 19.0 Å². The van der Waals surface area contributed by atoms with Gasteiger partial charge in [0.25, 0.3) is 0 Å². The summed E-state index contributed by atoms with van der Waals surface area (Å²) in [5.74, 6) is -0.0189. The van der Waals surface area contributed by atoms with E-state index in [0.29, 0.717) is 23.7 Å². The normalized spacial score (nSPS) is 22.0. The van der Waals surface area contributed by atoms with Crippen molar-refractivity contribution in [3.05, 3.63) is 76.9 Å². The lowest BCUT2D eigenvalue weighted by Gasteiger charge is -2.37. The first-order valence-corrected chi connectivity index (χ1v) is 9.55. The topological polar surface area (TPSA) is 64.6 Å². The van der Waals surface area contributed by atoms with Gasteiger partial charge in [-0.15, -0.1) is 0 Å². The summed E-state index contributed by atoms with van der Waals surface area (Å²) in [7, 11) is 1.38. The first-order chi connectivity index (χ1) is 13.6. The zero-order valence-corrected chi connectivity index (χ0v) is 16.0. The highest BCUT2D eigenvalue weighted by Crippen LogP contribution is 2.49. The molecule has 0 amide bonds. The molecule has 1 aliphatic carbocycles. The van der Waals surface area contributed by atoms with Crippen molar-refractivity contribution in [1.29, 1.82) is 0 Å². The van der Waals surface area contributed by atoms with Gasteiger partial charge >= 0.3 is 11.9 Å². The van der Waals surface area contributed by atoms with E-state index >= 15 is 0 Å². The Morgan fingerprint density at radius 3 is 2.54 bits per heavy atom. The summed E-state index contributed by atoms with van der Waals surface area (Å²) in [6.07, 6.45) is 5.40. The quantitative estimate of drug-likeness (QED) is 0.629. The third-order valence-electron chi connectivity index (χ3n) is 5.56. The van der Waals surface area contributed by atoms with Crippen molar-refractivity contribution in [3.8, 4) is 0 Å². The maximum absolute atomic E-state index is 12.1. The number of ether oxygens (including phenoxy) is 2. The molecule has 3 atom stereocenters. The minimum absolute atomic E-state index is 0.132. The fourth-order valence-corrected chi connectivity index (χ4v) is 4.21. The molecule has 2 aromatic rings. The highest BCUT2D eigenvalue weighted by molar-refractivity contribution is 5.91. The van der Waals surface area contributed by atoms with E-state index in [1.807, 2.05) is 31.2 Å². The molecule has 5 heteroatoms. The molecule has 144 valence electrons. The van der Waals surface area contributed by atoms with E-state index < -0.39 is 0 Å². The van der Waals surface area contributed by atoms with Crippen LogP contribution in [0.2, 0.25) is 0 Å². The number of hydrogen-bond donors (Lipinski definition) is 1. The summed E-state index contributed by atoms with van der Waals surface area (Å²) in [4.78, 5) is 23.8. The van der Waals surface area contributed by atoms with Crippen LogP contribution in [0.15, 0.2) is 54.6 Å². The minimum atomic E-state index is -0.333. The number of allylic oxidation sites excluding steroid dienone is 2. The van der Waals surface area contributed by atoms with E-state index in [1.165, 1.54) is 7.11 Å². The molecule has 1 aliphatic heterocycles. The predicted molar refractivity (Wildman–Crippen MR) is 107 cm³/mol. The third-order valence-corrected chi connectivity index (χ3v) is 5.56. The van der Waals surface area contributed by atoms with Crippen molar-refractivity contribution < 1.29 is 19.1 Å². The highest BCUT2D eigenvalue weighted by Gasteiger charge is 2.38. The van der Waals surface area contributed by atoms with Crippen molar-refractivity contribution in [3.63, 3.8) is 0 Å². The average molecular weight is 377 g/mol. The predicted octanol–water partition coefficient (Wildman–Crippen LogP) is 4.48. The van der Waals surface area contributed by atoms with Crippen LogP contribution in [0.4, 0.5) is 5.69 Å². The molecule has 2 aliphatic rings. The molecule has 0 aromatic heterocycles. The fraction of sp³-hybridized carbons (Fsp3) is 0.304. The van der Waals surface area contributed by atoms with Gasteiger partial charge in [0.15, 0.2) is 0 Å². The van der Waals surface area contributed by atoms with Gasteiger partial charge in [-0.05, 0) is 60.7 Å². The summed E-state index contributed by atoms with van der Waals surface area (Å²) in [6, 6.07) is 13.4. The Morgan fingerprint density at radius 2 is 1.82 bits per heavy atom. The van der Waals surface area contributed by atoms with Gasteiger partial charge in [-0.3, -0.25) is 0 Å². The minimum Gasteiger partial charge on any atom is -0.465 e. The number of rotatable bonds is 4. The highest BCUT2D eigenvalue weighted by atomic mass is 16.5. The van der Waals surface area contributed by atoms with Crippen molar-refractivity contribution >= 4 is 17.6 Å². The van der Waals surface area contributed by atoms with Crippen LogP contribution in [-0.4, -0.2) is 25.7 Å². The number of carbonyl (C=O) groups excluding carboxylic acids is 2. The van der Waals surface area contributed by atoms with Crippen LogP contribution >= 0.6 is 0 Å². The Morgan fingerprint density at radius 1 is 1.07 bits per heavy atom. The van der Waals surface area contributed by atoms with Gasteiger partial charge in [-0.1, -0.05) is 24.3 Å². The van der Waals surface area contributed by atoms with Crippen LogP contribution in [-0.2, 0) is 9.47 Å². The number of anilines is 1. The van der Waals surface area contributed by atoms with E-state index in [2.05, 4.69) is 17.5 Å². The molecule has 0 radical (unpaired) electrons. The number of hydrogen-bond acceptors (Lipinski definition) is 5. The van der Waals surface area contributed by atoms with E-state index in [1.54, 1.807) is 18.2 Å². The van der Waals surface area contributed by atoms with Crippen LogP contribution in [0.5, 0.6) is 0 Å². The molecule has 5 nitrogen and oxygen atoms in total. The first kappa shape index (κ1) is 18.3. The van der Waals surface area contributed by atoms with E-state index in [0.717, 1.165) is 23.2 Å². The molecule has 0 saturated carbocycles. The number of nitrogens with one attached hydrogen (secondary N) is 1. The SMILES string of the molecule is CCOC(=O)c1ccc2c(c1)[C@@H]1C=CC[C@H]1[C@H](c1ccc(C(=O)OC)cc1)N2. The first-order valence-electron chi connectivity index (χ1n) is 9.55. The Bertz CT molecular complexity index is 932. The van der Waals surface area contributed by atoms with Crippen molar-refractivity contribution in [1.82, 2.24) is 0 Å². The molecule has 4 rings (SSSR count). The molecule has 0 bridgehead atoms. The zero-order valence-electron chi connectivity index (χ0n) is 16.0. The van der Waals surface area contributed by atoms with Crippen LogP contribution in [0, 0.1) is 5.92 Å². The molecule has 0 fully saturated rings. The van der Waals surface area contributed by atoms with Gasteiger partial charge in [0, 0.05) is 11.6 Å². The molecule has 0 saturated heterocycles. The molecule has 2 aromatic carbocycles. The van der Waals surface area contributed by atoms with E-state index in [4.69, 9.17) is 9.47 Å². The second-order valence-electron chi connectivity index (χ2n) is 7.11. The standard InChI is InChI=1S/C23H23NO4/c1-3-28-23(26)16-11-12-20-19(13-16)17-5-4-6-18(17)21(24-20)14-7-9-15(10-8-14)22(25)27-2/h4-5,7-13,17-18,21,24H,3,6H2,1-2H3/t17-,18-,21+/m1/s1. The number of benzene rings is 2. The van der Waals surface area contributed by atoms with Crippen LogP contribution in [0.1, 0.15) is 57.1 Å². The Kier molecular flexibility index (Phi) is 4.90. The van der Waals surface area contributed by atoms with Crippen molar-refractivity contribution in [2.24, 2.45) is 5.92 Å². The van der Waals surface area contributed by atoms with Gasteiger partial charge in [0.1, 0.15) is 0 Å². The molecule has 28 heavy (non-hydrogen) atoms. The van der Waals surface area contributed by atoms with Crippen molar-refractivity contribution in [2.45, 2.75) is 25.3 Å². The van der Waals surface area contributed by atoms with Gasteiger partial charge in [-0.2, -0.15) is 0 Å². The fourth-order valence-electron chi connectivity index (χ4n) is 4.21. The second kappa shape index (κ2) is 7.50. The largest absolute Gasteiger partial charge is 0.465 e. The molecule has 0 unspecified atom stereocenters. The summed E-state index contributed by atoms with van der Waals surface area (Å²) >= 11 is 0. The van der Waals surface area contributed by atoms with Gasteiger partial charge in [0.05, 0.1) is 30.9 Å². The molecular formula is C23H23NO4. The monoisotopic (exact) mass is 377 g/mol. The maximum Gasteiger partial charge on any atom is 0.338 e. The van der Waals surface area contributed by atoms with Gasteiger partial charge in [-0.25, -0.2) is 9.59 Å². The van der Waals surface area contributed by atoms with Gasteiger partial charge < -0.3 is 14.8 Å². The lowest BCUT2D eigenvalue weighted by atomic mass is 9.76. The van der Waals surface area contributed by atoms with Crippen LogP contribution in [0.25, 0.3) is 0 Å². The summed E-state index contributed by atoms with van der Waals surface area (Å²) < 4.78 is 9.93. The summed E-state index contributed by atoms with van der Waals surface area (Å²) in [5, 5.41) is 3.64. The smallest absolute Gasteiger partial charge is 0.338 e. The van der Waals surface area contributed by atoms with Gasteiger partial charge in [0.2, 0.25) is 0 Å². The Labute approximate surface area is 164 Å². The van der Waals surface area contributed by atoms with E-state index in [-0.39, 0.29) is 23.9 Å². The molecule has 1 heterocycles. The number of fused-ring (bicyclic) bond motifs is 3. The Hall–Kier alpha value is -3.08. The molecular weight excluding hydrogens is 354 g/mol. The number of esters is 2.